The van der Waals surface area contributed by atoms with Crippen molar-refractivity contribution in [2.75, 3.05) is 6.61 Å². The smallest absolute Gasteiger partial charge is 0.373 e. The van der Waals surface area contributed by atoms with Gasteiger partial charge in [0.15, 0.2) is 0 Å². The Hall–Kier alpha value is -2.41. The Labute approximate surface area is 127 Å². The van der Waals surface area contributed by atoms with Crippen LogP contribution in [0.25, 0.3) is 0 Å². The van der Waals surface area contributed by atoms with Gasteiger partial charge in [0, 0.05) is 0 Å². The summed E-state index contributed by atoms with van der Waals surface area (Å²) in [4.78, 5) is 43.0. The maximum Gasteiger partial charge on any atom is 0.373 e. The lowest BCUT2D eigenvalue weighted by Gasteiger charge is -2.07. The summed E-state index contributed by atoms with van der Waals surface area (Å²) in [6.45, 7) is 2.29. The van der Waals surface area contributed by atoms with Gasteiger partial charge in [-0.1, -0.05) is 26.2 Å². The minimum absolute atomic E-state index is 0.224. The van der Waals surface area contributed by atoms with E-state index in [4.69, 9.17) is 15.1 Å². The maximum atomic E-state index is 11.8. The zero-order chi connectivity index (χ0) is 16.5. The molecule has 0 radical (unpaired) electrons. The fourth-order valence-corrected chi connectivity index (χ4v) is 1.76. The monoisotopic (exact) mass is 310 g/mol. The first-order valence-corrected chi connectivity index (χ1v) is 6.91. The van der Waals surface area contributed by atoms with Crippen LogP contribution in [0.3, 0.4) is 0 Å². The molecular weight excluding hydrogens is 292 g/mol. The number of aromatic carboxylic acids is 2. The van der Waals surface area contributed by atoms with Crippen LogP contribution < -0.4 is 0 Å². The molecule has 0 aromatic heterocycles. The van der Waals surface area contributed by atoms with E-state index in [1.807, 2.05) is 0 Å². The fraction of sp³-hybridized carbons (Fsp3) is 0.400. The second-order valence-electron chi connectivity index (χ2n) is 4.62. The second kappa shape index (κ2) is 8.78. The van der Waals surface area contributed by atoms with Gasteiger partial charge < -0.3 is 10.2 Å². The van der Waals surface area contributed by atoms with Crippen LogP contribution in [0.1, 0.15) is 63.7 Å². The molecule has 0 saturated heterocycles. The fourth-order valence-electron chi connectivity index (χ4n) is 1.76. The SMILES string of the molecule is CCCCCCOOC(=O)c1ccc(C(=O)O)cc1C(=O)O. The number of carbonyl (C=O) groups excluding carboxylic acids is 1. The number of benzene rings is 1. The van der Waals surface area contributed by atoms with Crippen LogP contribution in [-0.4, -0.2) is 34.7 Å². The van der Waals surface area contributed by atoms with Gasteiger partial charge in [-0.3, -0.25) is 4.89 Å². The number of rotatable bonds is 9. The van der Waals surface area contributed by atoms with Gasteiger partial charge >= 0.3 is 17.9 Å². The van der Waals surface area contributed by atoms with E-state index in [1.165, 1.54) is 0 Å². The molecule has 0 bridgehead atoms. The molecule has 7 nitrogen and oxygen atoms in total. The summed E-state index contributed by atoms with van der Waals surface area (Å²) in [5.41, 5.74) is -0.931. The average Bonchev–Trinajstić information content (AvgIpc) is 2.49. The van der Waals surface area contributed by atoms with Gasteiger partial charge in [-0.05, 0) is 24.6 Å². The van der Waals surface area contributed by atoms with E-state index in [2.05, 4.69) is 11.8 Å². The summed E-state index contributed by atoms with van der Waals surface area (Å²) in [5.74, 6) is -3.67. The highest BCUT2D eigenvalue weighted by atomic mass is 17.2. The van der Waals surface area contributed by atoms with Crippen LogP contribution in [0, 0.1) is 0 Å². The quantitative estimate of drug-likeness (QED) is 0.410. The number of carbonyl (C=O) groups is 3. The van der Waals surface area contributed by atoms with Crippen LogP contribution in [0.5, 0.6) is 0 Å². The molecule has 0 spiro atoms. The van der Waals surface area contributed by atoms with Gasteiger partial charge in [0.05, 0.1) is 23.3 Å². The van der Waals surface area contributed by atoms with Gasteiger partial charge in [-0.2, -0.15) is 4.89 Å². The lowest BCUT2D eigenvalue weighted by Crippen LogP contribution is -2.14. The number of hydrogen-bond acceptors (Lipinski definition) is 5. The molecule has 0 aliphatic carbocycles. The predicted octanol–water partition coefficient (Wildman–Crippen LogP) is 2.75. The normalized spacial score (nSPS) is 10.2. The van der Waals surface area contributed by atoms with E-state index in [-0.39, 0.29) is 17.7 Å². The molecule has 0 atom stereocenters. The van der Waals surface area contributed by atoms with E-state index < -0.39 is 23.5 Å². The summed E-state index contributed by atoms with van der Waals surface area (Å²) in [6.07, 6.45) is 3.79. The molecule has 0 heterocycles. The Balaban J connectivity index is 2.68. The third kappa shape index (κ3) is 5.17. The average molecular weight is 310 g/mol. The van der Waals surface area contributed by atoms with Crippen LogP contribution in [-0.2, 0) is 9.78 Å². The predicted molar refractivity (Wildman–Crippen MR) is 75.9 cm³/mol. The number of carboxylic acids is 2. The summed E-state index contributed by atoms with van der Waals surface area (Å²) >= 11 is 0. The van der Waals surface area contributed by atoms with Gasteiger partial charge in [0.25, 0.3) is 0 Å². The lowest BCUT2D eigenvalue weighted by molar-refractivity contribution is -0.241. The molecule has 0 aliphatic heterocycles. The Morgan fingerprint density at radius 1 is 1.00 bits per heavy atom. The molecule has 0 saturated carbocycles. The molecular formula is C15H18O7. The summed E-state index contributed by atoms with van der Waals surface area (Å²) in [7, 11) is 0. The molecule has 0 aliphatic rings. The van der Waals surface area contributed by atoms with Crippen LogP contribution in [0.4, 0.5) is 0 Å². The highest BCUT2D eigenvalue weighted by Crippen LogP contribution is 2.14. The molecule has 1 rings (SSSR count). The highest BCUT2D eigenvalue weighted by molar-refractivity contribution is 6.04. The topological polar surface area (TPSA) is 110 Å². The molecule has 0 fully saturated rings. The number of unbranched alkanes of at least 4 members (excludes halogenated alkanes) is 3. The van der Waals surface area contributed by atoms with Gasteiger partial charge in [-0.25, -0.2) is 14.4 Å². The van der Waals surface area contributed by atoms with Crippen molar-refractivity contribution >= 4 is 17.9 Å². The second-order valence-corrected chi connectivity index (χ2v) is 4.62. The lowest BCUT2D eigenvalue weighted by atomic mass is 10.0. The first kappa shape index (κ1) is 17.6. The van der Waals surface area contributed by atoms with Gasteiger partial charge in [0.2, 0.25) is 0 Å². The molecule has 1 aromatic carbocycles. The van der Waals surface area contributed by atoms with E-state index in [1.54, 1.807) is 0 Å². The van der Waals surface area contributed by atoms with Crippen molar-refractivity contribution in [1.29, 1.82) is 0 Å². The maximum absolute atomic E-state index is 11.8. The molecule has 0 unspecified atom stereocenters. The zero-order valence-electron chi connectivity index (χ0n) is 12.2. The molecule has 22 heavy (non-hydrogen) atoms. The number of carboxylic acid groups (broad SMARTS) is 2. The Bertz CT molecular complexity index is 551. The van der Waals surface area contributed by atoms with Gasteiger partial charge in [0.1, 0.15) is 0 Å². The van der Waals surface area contributed by atoms with Crippen molar-refractivity contribution in [2.45, 2.75) is 32.6 Å². The molecule has 7 heteroatoms. The van der Waals surface area contributed by atoms with Crippen LogP contribution >= 0.6 is 0 Å². The van der Waals surface area contributed by atoms with Crippen molar-refractivity contribution in [3.05, 3.63) is 34.9 Å². The van der Waals surface area contributed by atoms with Crippen LogP contribution in [0.2, 0.25) is 0 Å². The summed E-state index contributed by atoms with van der Waals surface area (Å²) in [5, 5.41) is 17.9. The number of hydrogen-bond donors (Lipinski definition) is 2. The van der Waals surface area contributed by atoms with E-state index in [9.17, 15) is 14.4 Å². The third-order valence-electron chi connectivity index (χ3n) is 2.93. The first-order valence-electron chi connectivity index (χ1n) is 6.91. The van der Waals surface area contributed by atoms with E-state index in [0.717, 1.165) is 43.9 Å². The zero-order valence-corrected chi connectivity index (χ0v) is 12.2. The van der Waals surface area contributed by atoms with Crippen molar-refractivity contribution in [2.24, 2.45) is 0 Å². The van der Waals surface area contributed by atoms with Crippen molar-refractivity contribution in [3.8, 4) is 0 Å². The largest absolute Gasteiger partial charge is 0.478 e. The summed E-state index contributed by atoms with van der Waals surface area (Å²) in [6, 6.07) is 3.13. The van der Waals surface area contributed by atoms with Crippen molar-refractivity contribution in [1.82, 2.24) is 0 Å². The molecule has 120 valence electrons. The molecule has 1 aromatic rings. The standard InChI is InChI=1S/C15H18O7/c1-2-3-4-5-8-21-22-15(20)11-7-6-10(13(16)17)9-12(11)14(18)19/h6-7,9H,2-5,8H2,1H3,(H,16,17)(H,18,19). The minimum Gasteiger partial charge on any atom is -0.478 e. The first-order chi connectivity index (χ1) is 10.5. The van der Waals surface area contributed by atoms with E-state index in [0.29, 0.717) is 0 Å². The Morgan fingerprint density at radius 3 is 2.32 bits per heavy atom. The van der Waals surface area contributed by atoms with Crippen molar-refractivity contribution < 1.29 is 34.4 Å². The minimum atomic E-state index is -1.42. The molecule has 0 amide bonds. The van der Waals surface area contributed by atoms with Gasteiger partial charge in [-0.15, -0.1) is 0 Å². The highest BCUT2D eigenvalue weighted by Gasteiger charge is 2.20. The van der Waals surface area contributed by atoms with Crippen molar-refractivity contribution in [3.63, 3.8) is 0 Å². The van der Waals surface area contributed by atoms with Crippen LogP contribution in [0.15, 0.2) is 18.2 Å². The van der Waals surface area contributed by atoms with E-state index >= 15 is 0 Å². The third-order valence-corrected chi connectivity index (χ3v) is 2.93. The summed E-state index contributed by atoms with van der Waals surface area (Å²) < 4.78 is 0. The Morgan fingerprint density at radius 2 is 1.73 bits per heavy atom. The Kier molecular flexibility index (Phi) is 7.04. The molecule has 2 N–H and O–H groups in total.